The van der Waals surface area contributed by atoms with Gasteiger partial charge in [0, 0.05) is 37.6 Å². The maximum absolute atomic E-state index is 13.2. The quantitative estimate of drug-likeness (QED) is 0.140. The molecular formula is C34H34FN7O5. The highest BCUT2D eigenvalue weighted by atomic mass is 19.1. The Morgan fingerprint density at radius 3 is 2.55 bits per heavy atom. The number of nitrogens with zero attached hydrogens (tertiary/aromatic N) is 5. The van der Waals surface area contributed by atoms with Crippen molar-refractivity contribution in [3.05, 3.63) is 88.1 Å². The van der Waals surface area contributed by atoms with Crippen molar-refractivity contribution in [2.24, 2.45) is 7.05 Å². The fourth-order valence-electron chi connectivity index (χ4n) is 5.67. The summed E-state index contributed by atoms with van der Waals surface area (Å²) in [6.45, 7) is 0.489. The van der Waals surface area contributed by atoms with E-state index in [1.807, 2.05) is 18.2 Å². The standard InChI is InChI=1S/C34H34FN7O5/c1-40-29-17-21(7-13-28(29)41(34(40)47)24(20-44)6-4-16-43)5-2-3-15-36-32(45)23-10-8-22(9-11-23)26-12-14-31-37-19-30(42(31)39-26)33(46)38-27-18-25(27)35/h7-14,16-17,19-20,24-25,27H,2-6,15,18H2,1H3,(H,36,45)(H,38,46). The van der Waals surface area contributed by atoms with Crippen LogP contribution in [0.1, 0.15) is 64.6 Å². The predicted molar refractivity (Wildman–Crippen MR) is 172 cm³/mol. The number of aryl methyl sites for hydroxylation is 2. The van der Waals surface area contributed by atoms with Crippen molar-refractivity contribution in [1.82, 2.24) is 34.4 Å². The largest absolute Gasteiger partial charge is 0.352 e. The molecule has 5 aromatic rings. The number of aldehydes is 2. The van der Waals surface area contributed by atoms with Crippen LogP contribution in [-0.2, 0) is 23.1 Å². The van der Waals surface area contributed by atoms with Gasteiger partial charge in [0.15, 0.2) is 5.65 Å². The lowest BCUT2D eigenvalue weighted by molar-refractivity contribution is -0.111. The van der Waals surface area contributed by atoms with Crippen LogP contribution in [0.5, 0.6) is 0 Å². The number of alkyl halides is 1. The van der Waals surface area contributed by atoms with Gasteiger partial charge in [0.05, 0.1) is 35.0 Å². The number of fused-ring (bicyclic) bond motifs is 2. The van der Waals surface area contributed by atoms with Gasteiger partial charge in [0.1, 0.15) is 24.4 Å². The number of hydrogen-bond acceptors (Lipinski definition) is 7. The summed E-state index contributed by atoms with van der Waals surface area (Å²) in [6.07, 6.45) is 4.94. The van der Waals surface area contributed by atoms with Crippen molar-refractivity contribution >= 4 is 41.1 Å². The summed E-state index contributed by atoms with van der Waals surface area (Å²) < 4.78 is 17.6. The molecule has 6 rings (SSSR count). The molecule has 0 spiro atoms. The highest BCUT2D eigenvalue weighted by Gasteiger charge is 2.39. The summed E-state index contributed by atoms with van der Waals surface area (Å²) in [4.78, 5) is 64.9. The Balaban J connectivity index is 1.02. The average molecular weight is 640 g/mol. The van der Waals surface area contributed by atoms with Gasteiger partial charge in [-0.3, -0.25) is 18.7 Å². The lowest BCUT2D eigenvalue weighted by Crippen LogP contribution is -2.28. The summed E-state index contributed by atoms with van der Waals surface area (Å²) in [5.41, 5.74) is 4.66. The van der Waals surface area contributed by atoms with Crippen molar-refractivity contribution in [2.75, 3.05) is 6.54 Å². The third kappa shape index (κ3) is 6.60. The molecule has 1 saturated carbocycles. The monoisotopic (exact) mass is 639 g/mol. The number of hydrogen-bond donors (Lipinski definition) is 2. The van der Waals surface area contributed by atoms with E-state index in [4.69, 9.17) is 0 Å². The molecule has 1 fully saturated rings. The van der Waals surface area contributed by atoms with Gasteiger partial charge in [-0.25, -0.2) is 18.7 Å². The zero-order chi connectivity index (χ0) is 33.1. The van der Waals surface area contributed by atoms with Crippen LogP contribution in [0.25, 0.3) is 27.9 Å². The minimum Gasteiger partial charge on any atom is -0.352 e. The maximum atomic E-state index is 13.2. The zero-order valence-electron chi connectivity index (χ0n) is 25.8. The van der Waals surface area contributed by atoms with Crippen LogP contribution in [0.2, 0.25) is 0 Å². The van der Waals surface area contributed by atoms with Crippen LogP contribution < -0.4 is 16.3 Å². The number of unbranched alkanes of at least 4 members (excludes halogenated alkanes) is 1. The smallest absolute Gasteiger partial charge is 0.329 e. The van der Waals surface area contributed by atoms with Crippen LogP contribution in [0.3, 0.4) is 0 Å². The van der Waals surface area contributed by atoms with Crippen molar-refractivity contribution < 1.29 is 23.6 Å². The van der Waals surface area contributed by atoms with E-state index < -0.39 is 24.2 Å². The molecule has 1 aliphatic carbocycles. The summed E-state index contributed by atoms with van der Waals surface area (Å²) in [6, 6.07) is 15.1. The Morgan fingerprint density at radius 2 is 1.83 bits per heavy atom. The van der Waals surface area contributed by atoms with Gasteiger partial charge >= 0.3 is 5.69 Å². The number of imidazole rings is 2. The van der Waals surface area contributed by atoms with Crippen LogP contribution in [0.15, 0.2) is 65.6 Å². The molecule has 1 aliphatic rings. The van der Waals surface area contributed by atoms with E-state index in [2.05, 4.69) is 20.7 Å². The molecule has 3 atom stereocenters. The Labute approximate surface area is 268 Å². The molecule has 2 amide bonds. The lowest BCUT2D eigenvalue weighted by atomic mass is 10.1. The third-order valence-corrected chi connectivity index (χ3v) is 8.47. The first-order valence-corrected chi connectivity index (χ1v) is 15.6. The van der Waals surface area contributed by atoms with E-state index >= 15 is 0 Å². The van der Waals surface area contributed by atoms with Gasteiger partial charge < -0.3 is 20.2 Å². The highest BCUT2D eigenvalue weighted by molar-refractivity contribution is 5.95. The van der Waals surface area contributed by atoms with Crippen molar-refractivity contribution in [2.45, 2.75) is 56.8 Å². The third-order valence-electron chi connectivity index (χ3n) is 8.47. The number of aromatic nitrogens is 5. The molecule has 2 aromatic carbocycles. The molecule has 0 aliphatic heterocycles. The van der Waals surface area contributed by atoms with E-state index in [-0.39, 0.29) is 30.1 Å². The number of benzene rings is 2. The molecule has 242 valence electrons. The van der Waals surface area contributed by atoms with Gasteiger partial charge in [0.25, 0.3) is 11.8 Å². The van der Waals surface area contributed by atoms with Gasteiger partial charge in [-0.15, -0.1) is 0 Å². The Bertz CT molecular complexity index is 2030. The van der Waals surface area contributed by atoms with E-state index in [1.165, 1.54) is 19.8 Å². The van der Waals surface area contributed by atoms with Gasteiger partial charge in [-0.2, -0.15) is 5.10 Å². The molecule has 0 saturated heterocycles. The summed E-state index contributed by atoms with van der Waals surface area (Å²) in [5, 5.41) is 10.1. The average Bonchev–Trinajstić information content (AvgIpc) is 3.51. The Morgan fingerprint density at radius 1 is 1.04 bits per heavy atom. The molecule has 3 heterocycles. The molecule has 3 unspecified atom stereocenters. The first-order valence-electron chi connectivity index (χ1n) is 15.6. The van der Waals surface area contributed by atoms with E-state index in [1.54, 1.807) is 43.4 Å². The second kappa shape index (κ2) is 13.5. The van der Waals surface area contributed by atoms with Crippen LogP contribution in [0.4, 0.5) is 4.39 Å². The van der Waals surface area contributed by atoms with Crippen LogP contribution in [-0.4, -0.2) is 66.9 Å². The second-order valence-corrected chi connectivity index (χ2v) is 11.7. The van der Waals surface area contributed by atoms with E-state index in [0.717, 1.165) is 42.2 Å². The Kier molecular flexibility index (Phi) is 9.05. The molecule has 3 aromatic heterocycles. The van der Waals surface area contributed by atoms with E-state index in [0.29, 0.717) is 41.7 Å². The number of rotatable bonds is 14. The molecule has 0 radical (unpaired) electrons. The van der Waals surface area contributed by atoms with Gasteiger partial charge in [0.2, 0.25) is 0 Å². The number of halogens is 1. The van der Waals surface area contributed by atoms with Crippen molar-refractivity contribution in [3.8, 4) is 11.3 Å². The number of carbonyl (C=O) groups excluding carboxylic acids is 4. The summed E-state index contributed by atoms with van der Waals surface area (Å²) >= 11 is 0. The number of carbonyl (C=O) groups is 4. The SMILES string of the molecule is Cn1c(=O)n(C(C=O)CCC=O)c2ccc(CCCCNC(=O)c3ccc(-c4ccc5ncc(C(=O)NC6CC6F)n5n4)cc3)cc21. The fraction of sp³-hybridized carbons (Fsp3) is 0.324. The highest BCUT2D eigenvalue weighted by Crippen LogP contribution is 2.26. The fourth-order valence-corrected chi connectivity index (χ4v) is 5.67. The van der Waals surface area contributed by atoms with Gasteiger partial charge in [-0.05, 0) is 67.6 Å². The molecule has 0 bridgehead atoms. The molecular weight excluding hydrogens is 605 g/mol. The van der Waals surface area contributed by atoms with Crippen molar-refractivity contribution in [1.29, 1.82) is 0 Å². The zero-order valence-corrected chi connectivity index (χ0v) is 25.8. The maximum Gasteiger partial charge on any atom is 0.329 e. The molecule has 13 heteroatoms. The second-order valence-electron chi connectivity index (χ2n) is 11.7. The lowest BCUT2D eigenvalue weighted by Gasteiger charge is -2.11. The summed E-state index contributed by atoms with van der Waals surface area (Å²) in [7, 11) is 1.67. The van der Waals surface area contributed by atoms with Crippen molar-refractivity contribution in [3.63, 3.8) is 0 Å². The normalized spacial score (nSPS) is 16.2. The minimum absolute atomic E-state index is 0.196. The van der Waals surface area contributed by atoms with Gasteiger partial charge in [-0.1, -0.05) is 18.2 Å². The van der Waals surface area contributed by atoms with E-state index in [9.17, 15) is 28.4 Å². The summed E-state index contributed by atoms with van der Waals surface area (Å²) in [5.74, 6) is -0.628. The topological polar surface area (TPSA) is 149 Å². The molecule has 2 N–H and O–H groups in total. The van der Waals surface area contributed by atoms with Crippen LogP contribution in [0, 0.1) is 0 Å². The first kappa shape index (κ1) is 31.5. The van der Waals surface area contributed by atoms with Crippen LogP contribution >= 0.6 is 0 Å². The number of nitrogens with one attached hydrogen (secondary N) is 2. The molecule has 12 nitrogen and oxygen atoms in total. The first-order chi connectivity index (χ1) is 22.8. The predicted octanol–water partition coefficient (Wildman–Crippen LogP) is 3.36. The minimum atomic E-state index is -1.01. The Hall–Kier alpha value is -5.46. The molecule has 47 heavy (non-hydrogen) atoms. The number of amides is 2.